The van der Waals surface area contributed by atoms with E-state index in [1.165, 1.54) is 6.07 Å². The Balaban J connectivity index is 2.19. The summed E-state index contributed by atoms with van der Waals surface area (Å²) in [6.45, 7) is 5.42. The molecule has 0 fully saturated rings. The van der Waals surface area contributed by atoms with Crippen LogP contribution in [0.4, 0.5) is 15.8 Å². The van der Waals surface area contributed by atoms with Crippen LogP contribution in [0.3, 0.4) is 0 Å². The zero-order chi connectivity index (χ0) is 17.9. The Hall–Kier alpha value is -1.59. The van der Waals surface area contributed by atoms with Crippen LogP contribution in [0.2, 0.25) is 5.02 Å². The van der Waals surface area contributed by atoms with Crippen molar-refractivity contribution in [1.82, 2.24) is 0 Å². The molecule has 2 aromatic carbocycles. The predicted octanol–water partition coefficient (Wildman–Crippen LogP) is 5.63. The molecule has 0 saturated heterocycles. The molecule has 24 heavy (non-hydrogen) atoms. The first-order chi connectivity index (χ1) is 11.2. The number of halogens is 3. The lowest BCUT2D eigenvalue weighted by molar-refractivity contribution is -0.119. The Morgan fingerprint density at radius 2 is 2.00 bits per heavy atom. The summed E-state index contributed by atoms with van der Waals surface area (Å²) < 4.78 is 14.6. The molecule has 2 N–H and O–H groups in total. The van der Waals surface area contributed by atoms with Crippen LogP contribution in [0, 0.1) is 5.82 Å². The van der Waals surface area contributed by atoms with Gasteiger partial charge in [-0.2, -0.15) is 0 Å². The smallest absolute Gasteiger partial charge is 0.249 e. The molecule has 128 valence electrons. The van der Waals surface area contributed by atoms with Gasteiger partial charge in [0.1, 0.15) is 11.4 Å². The zero-order valence-electron chi connectivity index (χ0n) is 13.7. The number of amides is 1. The lowest BCUT2D eigenvalue weighted by atomic mass is 10.0. The van der Waals surface area contributed by atoms with Crippen molar-refractivity contribution >= 4 is 44.8 Å². The fourth-order valence-electron chi connectivity index (χ4n) is 2.19. The second kappa shape index (κ2) is 7.53. The van der Waals surface area contributed by atoms with E-state index in [9.17, 15) is 9.18 Å². The van der Waals surface area contributed by atoms with Gasteiger partial charge in [0.2, 0.25) is 5.91 Å². The standard InChI is InChI=1S/C18H19BrClFN2O/c1-4-11-6-5-7-13(8-11)22-17(24)18(2,3)23-16-14(19)9-12(20)10-15(16)21/h5-10,23H,4H2,1-3H3,(H,22,24). The number of carbonyl (C=O) groups is 1. The van der Waals surface area contributed by atoms with Gasteiger partial charge in [-0.05, 0) is 66.0 Å². The molecule has 3 nitrogen and oxygen atoms in total. The molecular formula is C18H19BrClFN2O. The van der Waals surface area contributed by atoms with Gasteiger partial charge in [-0.3, -0.25) is 4.79 Å². The molecule has 2 aromatic rings. The summed E-state index contributed by atoms with van der Waals surface area (Å²) in [4.78, 5) is 12.6. The third kappa shape index (κ3) is 4.48. The quantitative estimate of drug-likeness (QED) is 0.666. The first kappa shape index (κ1) is 18.7. The van der Waals surface area contributed by atoms with Crippen molar-refractivity contribution < 1.29 is 9.18 Å². The van der Waals surface area contributed by atoms with Crippen molar-refractivity contribution in [2.45, 2.75) is 32.7 Å². The predicted molar refractivity (Wildman–Crippen MR) is 101 cm³/mol. The Kier molecular flexibility index (Phi) is 5.88. The number of rotatable bonds is 5. The highest BCUT2D eigenvalue weighted by Crippen LogP contribution is 2.31. The van der Waals surface area contributed by atoms with Crippen LogP contribution < -0.4 is 10.6 Å². The molecule has 0 unspecified atom stereocenters. The molecule has 0 aliphatic rings. The average Bonchev–Trinajstić information content (AvgIpc) is 2.51. The highest BCUT2D eigenvalue weighted by Gasteiger charge is 2.29. The molecule has 0 aliphatic heterocycles. The molecule has 0 atom stereocenters. The van der Waals surface area contributed by atoms with Gasteiger partial charge in [0.15, 0.2) is 0 Å². The zero-order valence-corrected chi connectivity index (χ0v) is 16.1. The van der Waals surface area contributed by atoms with Crippen molar-refractivity contribution in [2.24, 2.45) is 0 Å². The van der Waals surface area contributed by atoms with Crippen LogP contribution in [-0.4, -0.2) is 11.4 Å². The van der Waals surface area contributed by atoms with Crippen molar-refractivity contribution in [3.05, 3.63) is 57.3 Å². The van der Waals surface area contributed by atoms with Crippen LogP contribution in [-0.2, 0) is 11.2 Å². The van der Waals surface area contributed by atoms with E-state index in [1.807, 2.05) is 31.2 Å². The van der Waals surface area contributed by atoms with E-state index in [0.29, 0.717) is 10.2 Å². The molecule has 2 rings (SSSR count). The first-order valence-corrected chi connectivity index (χ1v) is 8.73. The normalized spacial score (nSPS) is 11.2. The Bertz CT molecular complexity index is 741. The maximum Gasteiger partial charge on any atom is 0.249 e. The molecule has 1 amide bonds. The maximum absolute atomic E-state index is 14.1. The summed E-state index contributed by atoms with van der Waals surface area (Å²) in [7, 11) is 0. The van der Waals surface area contributed by atoms with Crippen molar-refractivity contribution in [2.75, 3.05) is 10.6 Å². The van der Waals surface area contributed by atoms with E-state index in [4.69, 9.17) is 11.6 Å². The van der Waals surface area contributed by atoms with Crippen LogP contribution in [0.15, 0.2) is 40.9 Å². The SMILES string of the molecule is CCc1cccc(NC(=O)C(C)(C)Nc2c(F)cc(Cl)cc2Br)c1. The second-order valence-corrected chi connectivity index (χ2v) is 7.29. The summed E-state index contributed by atoms with van der Waals surface area (Å²) in [6.07, 6.45) is 0.883. The summed E-state index contributed by atoms with van der Waals surface area (Å²) >= 11 is 9.08. The number of anilines is 2. The van der Waals surface area contributed by atoms with E-state index >= 15 is 0 Å². The highest BCUT2D eigenvalue weighted by molar-refractivity contribution is 9.10. The number of carbonyl (C=O) groups excluding carboxylic acids is 1. The summed E-state index contributed by atoms with van der Waals surface area (Å²) in [6, 6.07) is 10.4. The number of hydrogen-bond donors (Lipinski definition) is 2. The fraction of sp³-hybridized carbons (Fsp3) is 0.278. The van der Waals surface area contributed by atoms with E-state index < -0.39 is 11.4 Å². The number of nitrogens with one attached hydrogen (secondary N) is 2. The van der Waals surface area contributed by atoms with E-state index in [2.05, 4.69) is 26.6 Å². The molecular weight excluding hydrogens is 395 g/mol. The molecule has 0 aliphatic carbocycles. The van der Waals surface area contributed by atoms with Gasteiger partial charge >= 0.3 is 0 Å². The van der Waals surface area contributed by atoms with Crippen LogP contribution >= 0.6 is 27.5 Å². The fourth-order valence-corrected chi connectivity index (χ4v) is 3.06. The third-order valence-corrected chi connectivity index (χ3v) is 4.45. The van der Waals surface area contributed by atoms with E-state index in [0.717, 1.165) is 12.0 Å². The van der Waals surface area contributed by atoms with Crippen molar-refractivity contribution in [3.8, 4) is 0 Å². The van der Waals surface area contributed by atoms with Gasteiger partial charge in [-0.1, -0.05) is 30.7 Å². The van der Waals surface area contributed by atoms with E-state index in [1.54, 1.807) is 19.9 Å². The topological polar surface area (TPSA) is 41.1 Å². The van der Waals surface area contributed by atoms with Crippen LogP contribution in [0.1, 0.15) is 26.3 Å². The van der Waals surface area contributed by atoms with Gasteiger partial charge in [-0.15, -0.1) is 0 Å². The highest BCUT2D eigenvalue weighted by atomic mass is 79.9. The van der Waals surface area contributed by atoms with E-state index in [-0.39, 0.29) is 16.6 Å². The number of aryl methyl sites for hydroxylation is 1. The lowest BCUT2D eigenvalue weighted by Gasteiger charge is -2.27. The van der Waals surface area contributed by atoms with Crippen LogP contribution in [0.5, 0.6) is 0 Å². The number of hydrogen-bond acceptors (Lipinski definition) is 2. The largest absolute Gasteiger partial charge is 0.368 e. The summed E-state index contributed by atoms with van der Waals surface area (Å²) in [5.41, 5.74) is 1.01. The monoisotopic (exact) mass is 412 g/mol. The van der Waals surface area contributed by atoms with Gasteiger partial charge < -0.3 is 10.6 Å². The molecule has 0 radical (unpaired) electrons. The first-order valence-electron chi connectivity index (χ1n) is 7.56. The van der Waals surface area contributed by atoms with Gasteiger partial charge in [0, 0.05) is 15.2 Å². The minimum absolute atomic E-state index is 0.196. The molecule has 0 bridgehead atoms. The number of benzene rings is 2. The van der Waals surface area contributed by atoms with Crippen molar-refractivity contribution in [3.63, 3.8) is 0 Å². The van der Waals surface area contributed by atoms with Gasteiger partial charge in [-0.25, -0.2) is 4.39 Å². The molecule has 0 heterocycles. The Morgan fingerprint density at radius 3 is 2.62 bits per heavy atom. The van der Waals surface area contributed by atoms with Gasteiger partial charge in [0.05, 0.1) is 5.69 Å². The molecule has 0 aromatic heterocycles. The Labute approximate surface area is 154 Å². The summed E-state index contributed by atoms with van der Waals surface area (Å²) in [5.74, 6) is -0.791. The molecule has 0 saturated carbocycles. The minimum Gasteiger partial charge on any atom is -0.368 e. The minimum atomic E-state index is -1.03. The molecule has 6 heteroatoms. The lowest BCUT2D eigenvalue weighted by Crippen LogP contribution is -2.44. The molecule has 0 spiro atoms. The van der Waals surface area contributed by atoms with Crippen LogP contribution in [0.25, 0.3) is 0 Å². The van der Waals surface area contributed by atoms with Gasteiger partial charge in [0.25, 0.3) is 0 Å². The second-order valence-electron chi connectivity index (χ2n) is 6.00. The third-order valence-electron chi connectivity index (χ3n) is 3.61. The maximum atomic E-state index is 14.1. The average molecular weight is 414 g/mol. The van der Waals surface area contributed by atoms with Crippen molar-refractivity contribution in [1.29, 1.82) is 0 Å². The Morgan fingerprint density at radius 1 is 1.29 bits per heavy atom. The summed E-state index contributed by atoms with van der Waals surface area (Å²) in [5, 5.41) is 6.08.